The van der Waals surface area contributed by atoms with Crippen molar-refractivity contribution in [3.05, 3.63) is 58.0 Å². The van der Waals surface area contributed by atoms with E-state index < -0.39 is 0 Å². The van der Waals surface area contributed by atoms with Gasteiger partial charge in [-0.05, 0) is 35.9 Å². The van der Waals surface area contributed by atoms with Crippen molar-refractivity contribution in [3.63, 3.8) is 0 Å². The monoisotopic (exact) mass is 449 g/mol. The zero-order chi connectivity index (χ0) is 20.8. The molecule has 1 amide bonds. The van der Waals surface area contributed by atoms with Crippen LogP contribution in [0.5, 0.6) is 17.2 Å². The van der Waals surface area contributed by atoms with Gasteiger partial charge in [-0.25, -0.2) is 0 Å². The highest BCUT2D eigenvalue weighted by atomic mass is 35.5. The predicted octanol–water partition coefficient (Wildman–Crippen LogP) is 5.03. The van der Waals surface area contributed by atoms with Crippen LogP contribution in [0.3, 0.4) is 0 Å². The lowest BCUT2D eigenvalue weighted by Crippen LogP contribution is -2.22. The van der Waals surface area contributed by atoms with E-state index in [1.54, 1.807) is 26.3 Å². The van der Waals surface area contributed by atoms with Gasteiger partial charge in [-0.2, -0.15) is 0 Å². The second-order valence-electron chi connectivity index (χ2n) is 6.13. The summed E-state index contributed by atoms with van der Waals surface area (Å²) in [5.74, 6) is 1.79. The lowest BCUT2D eigenvalue weighted by atomic mass is 10.2. The maximum Gasteiger partial charge on any atom is 0.265 e. The number of carbonyl (C=O) groups is 1. The molecule has 1 heterocycles. The first kappa shape index (κ1) is 21.5. The van der Waals surface area contributed by atoms with E-state index in [1.807, 2.05) is 36.4 Å². The Morgan fingerprint density at radius 2 is 1.83 bits per heavy atom. The first-order valence-electron chi connectivity index (χ1n) is 8.89. The molecule has 5 nitrogen and oxygen atoms in total. The molecular formula is C21H20ClNO4S2. The summed E-state index contributed by atoms with van der Waals surface area (Å²) < 4.78 is 17.4. The fourth-order valence-electron chi connectivity index (χ4n) is 2.58. The van der Waals surface area contributed by atoms with E-state index in [4.69, 9.17) is 38.0 Å². The van der Waals surface area contributed by atoms with Gasteiger partial charge in [0.25, 0.3) is 5.91 Å². The molecule has 3 rings (SSSR count). The van der Waals surface area contributed by atoms with Crippen LogP contribution in [0.4, 0.5) is 0 Å². The number of thioether (sulfide) groups is 1. The van der Waals surface area contributed by atoms with E-state index in [9.17, 15) is 4.79 Å². The van der Waals surface area contributed by atoms with Crippen LogP contribution < -0.4 is 14.2 Å². The lowest BCUT2D eigenvalue weighted by molar-refractivity contribution is -0.121. The number of para-hydroxylation sites is 1. The summed E-state index contributed by atoms with van der Waals surface area (Å²) in [6.07, 6.45) is 2.49. The molecule has 0 aromatic heterocycles. The van der Waals surface area contributed by atoms with Gasteiger partial charge in [-0.15, -0.1) is 0 Å². The number of ether oxygens (including phenoxy) is 3. The molecular weight excluding hydrogens is 430 g/mol. The topological polar surface area (TPSA) is 48.0 Å². The Bertz CT molecular complexity index is 948. The normalized spacial score (nSPS) is 15.1. The second-order valence-corrected chi connectivity index (χ2v) is 8.21. The molecule has 152 valence electrons. The van der Waals surface area contributed by atoms with Gasteiger partial charge >= 0.3 is 0 Å². The van der Waals surface area contributed by atoms with Crippen molar-refractivity contribution in [2.45, 2.75) is 6.42 Å². The number of methoxy groups -OCH3 is 1. The number of thiocarbonyl (C=S) groups is 1. The van der Waals surface area contributed by atoms with Crippen LogP contribution in [0.15, 0.2) is 47.4 Å². The maximum atomic E-state index is 12.1. The Balaban J connectivity index is 1.56. The number of hydrogen-bond acceptors (Lipinski definition) is 6. The van der Waals surface area contributed by atoms with Crippen molar-refractivity contribution in [1.29, 1.82) is 0 Å². The zero-order valence-corrected chi connectivity index (χ0v) is 18.4. The number of hydrogen-bond donors (Lipinski definition) is 0. The number of halogens is 1. The van der Waals surface area contributed by atoms with Crippen molar-refractivity contribution >= 4 is 51.9 Å². The zero-order valence-electron chi connectivity index (χ0n) is 16.0. The molecule has 1 aliphatic rings. The van der Waals surface area contributed by atoms with Gasteiger partial charge in [0, 0.05) is 13.5 Å². The smallest absolute Gasteiger partial charge is 0.265 e. The van der Waals surface area contributed by atoms with E-state index in [2.05, 4.69) is 0 Å². The number of nitrogens with zero attached hydrogens (tertiary/aromatic N) is 1. The molecule has 0 unspecified atom stereocenters. The van der Waals surface area contributed by atoms with Crippen LogP contribution in [-0.2, 0) is 4.79 Å². The minimum Gasteiger partial charge on any atom is -0.493 e. The Hall–Kier alpha value is -2.22. The summed E-state index contributed by atoms with van der Waals surface area (Å²) in [5.41, 5.74) is 0.838. The predicted molar refractivity (Wildman–Crippen MR) is 121 cm³/mol. The highest BCUT2D eigenvalue weighted by molar-refractivity contribution is 8.26. The van der Waals surface area contributed by atoms with Gasteiger partial charge in [-0.1, -0.05) is 53.8 Å². The third-order valence-corrected chi connectivity index (χ3v) is 5.91. The van der Waals surface area contributed by atoms with Crippen LogP contribution in [0, 0.1) is 0 Å². The number of carbonyl (C=O) groups excluding carboxylic acids is 1. The molecule has 1 fully saturated rings. The van der Waals surface area contributed by atoms with Crippen LogP contribution in [0.2, 0.25) is 5.02 Å². The summed E-state index contributed by atoms with van der Waals surface area (Å²) >= 11 is 12.5. The quantitative estimate of drug-likeness (QED) is 0.320. The molecule has 2 aromatic rings. The van der Waals surface area contributed by atoms with Crippen molar-refractivity contribution < 1.29 is 19.0 Å². The SMILES string of the molecule is COc1cc(/C=C2\SC(=S)N(C)C2=O)ccc1OCCCOc1ccccc1Cl. The number of likely N-dealkylation sites (N-methyl/N-ethyl adjacent to an activating group) is 1. The summed E-state index contributed by atoms with van der Waals surface area (Å²) in [5, 5.41) is 0.589. The second kappa shape index (κ2) is 10.0. The van der Waals surface area contributed by atoms with Crippen molar-refractivity contribution in [3.8, 4) is 17.2 Å². The van der Waals surface area contributed by atoms with E-state index in [1.165, 1.54) is 16.7 Å². The molecule has 2 aromatic carbocycles. The first-order valence-corrected chi connectivity index (χ1v) is 10.5. The number of rotatable bonds is 8. The third-order valence-electron chi connectivity index (χ3n) is 4.11. The van der Waals surface area contributed by atoms with Gasteiger partial charge in [-0.3, -0.25) is 9.69 Å². The van der Waals surface area contributed by atoms with E-state index in [-0.39, 0.29) is 5.91 Å². The molecule has 0 spiro atoms. The molecule has 0 atom stereocenters. The van der Waals surface area contributed by atoms with Crippen molar-refractivity contribution in [2.24, 2.45) is 0 Å². The van der Waals surface area contributed by atoms with Crippen LogP contribution in [0.25, 0.3) is 6.08 Å². The summed E-state index contributed by atoms with van der Waals surface area (Å²) in [6.45, 7) is 0.956. The maximum absolute atomic E-state index is 12.1. The highest BCUT2D eigenvalue weighted by Gasteiger charge is 2.28. The van der Waals surface area contributed by atoms with Crippen LogP contribution in [0.1, 0.15) is 12.0 Å². The van der Waals surface area contributed by atoms with E-state index in [0.717, 1.165) is 5.56 Å². The minimum atomic E-state index is -0.0992. The van der Waals surface area contributed by atoms with Crippen LogP contribution >= 0.6 is 35.6 Å². The fourth-order valence-corrected chi connectivity index (χ4v) is 3.94. The summed E-state index contributed by atoms with van der Waals surface area (Å²) in [7, 11) is 3.25. The van der Waals surface area contributed by atoms with Crippen molar-refractivity contribution in [1.82, 2.24) is 4.90 Å². The van der Waals surface area contributed by atoms with Gasteiger partial charge in [0.05, 0.1) is 30.3 Å². The molecule has 29 heavy (non-hydrogen) atoms. The van der Waals surface area contributed by atoms with Gasteiger partial charge in [0.2, 0.25) is 0 Å². The average Bonchev–Trinajstić information content (AvgIpc) is 2.96. The Morgan fingerprint density at radius 1 is 1.10 bits per heavy atom. The number of amides is 1. The Labute approximate surface area is 184 Å². The summed E-state index contributed by atoms with van der Waals surface area (Å²) in [4.78, 5) is 14.2. The van der Waals surface area contributed by atoms with Crippen LogP contribution in [-0.4, -0.2) is 42.5 Å². The average molecular weight is 450 g/mol. The van der Waals surface area contributed by atoms with Crippen molar-refractivity contribution in [2.75, 3.05) is 27.4 Å². The number of benzene rings is 2. The molecule has 0 radical (unpaired) electrons. The van der Waals surface area contributed by atoms with E-state index in [0.29, 0.717) is 51.1 Å². The minimum absolute atomic E-state index is 0.0992. The molecule has 1 saturated heterocycles. The molecule has 0 bridgehead atoms. The van der Waals surface area contributed by atoms with Gasteiger partial charge < -0.3 is 14.2 Å². The van der Waals surface area contributed by atoms with Gasteiger partial charge in [0.1, 0.15) is 10.1 Å². The summed E-state index contributed by atoms with van der Waals surface area (Å²) in [6, 6.07) is 12.9. The van der Waals surface area contributed by atoms with E-state index >= 15 is 0 Å². The lowest BCUT2D eigenvalue weighted by Gasteiger charge is -2.12. The largest absolute Gasteiger partial charge is 0.493 e. The first-order chi connectivity index (χ1) is 14.0. The highest BCUT2D eigenvalue weighted by Crippen LogP contribution is 2.34. The molecule has 0 aliphatic carbocycles. The Kier molecular flexibility index (Phi) is 7.41. The molecule has 8 heteroatoms. The van der Waals surface area contributed by atoms with Gasteiger partial charge in [0.15, 0.2) is 11.5 Å². The molecule has 0 saturated carbocycles. The third kappa shape index (κ3) is 5.44. The Morgan fingerprint density at radius 3 is 2.48 bits per heavy atom. The molecule has 1 aliphatic heterocycles. The molecule has 0 N–H and O–H groups in total. The standard InChI is InChI=1S/C21H20ClNO4S2/c1-23-20(24)19(29-21(23)28)13-14-8-9-17(18(12-14)25-2)27-11-5-10-26-16-7-4-3-6-15(16)22/h3-4,6-9,12-13H,5,10-11H2,1-2H3/b19-13-. The fraction of sp³-hybridized carbons (Fsp3) is 0.238.